The molecule has 0 aliphatic rings. The summed E-state index contributed by atoms with van der Waals surface area (Å²) in [5.74, 6) is 0. The number of rotatable bonds is 9. The lowest BCUT2D eigenvalue weighted by Gasteiger charge is -2.26. The minimum atomic E-state index is -3.73. The highest BCUT2D eigenvalue weighted by molar-refractivity contribution is 8.72. The average Bonchev–Trinajstić information content (AvgIpc) is 3.04. The van der Waals surface area contributed by atoms with Crippen molar-refractivity contribution in [3.05, 3.63) is 170 Å². The van der Waals surface area contributed by atoms with Crippen molar-refractivity contribution in [2.45, 2.75) is 9.79 Å². The number of hydrogen-bond donors (Lipinski definition) is 0. The molecular formula is C36H28N2O2S2. The molecule has 206 valence electrons. The Morgan fingerprint density at radius 2 is 0.738 bits per heavy atom. The van der Waals surface area contributed by atoms with Crippen molar-refractivity contribution < 1.29 is 8.42 Å². The molecular weight excluding hydrogens is 557 g/mol. The lowest BCUT2D eigenvalue weighted by molar-refractivity contribution is 0.610. The zero-order chi connectivity index (χ0) is 28.8. The Kier molecular flexibility index (Phi) is 8.08. The van der Waals surface area contributed by atoms with Gasteiger partial charge in [0.15, 0.2) is 0 Å². The predicted molar refractivity (Wildman–Crippen MR) is 175 cm³/mol. The lowest BCUT2D eigenvalue weighted by atomic mass is 10.2. The fourth-order valence-electron chi connectivity index (χ4n) is 4.83. The molecule has 0 aromatic heterocycles. The highest BCUT2D eigenvalue weighted by Crippen LogP contribution is 2.40. The standard InChI is InChI=1S/C36H28N2O2S2/c39-42(40,36-26-14-24-34(28-36)38(31-19-9-3-10-20-31)32-21-11-4-12-22-32)41-35-25-13-23-33(27-35)37(29-15-5-1-6-16-29)30-17-7-2-8-18-30/h1-28H. The van der Waals surface area contributed by atoms with Gasteiger partial charge in [-0.3, -0.25) is 0 Å². The molecule has 6 aromatic carbocycles. The molecule has 0 amide bonds. The van der Waals surface area contributed by atoms with Crippen LogP contribution in [0.4, 0.5) is 34.1 Å². The van der Waals surface area contributed by atoms with E-state index in [4.69, 9.17) is 0 Å². The van der Waals surface area contributed by atoms with Gasteiger partial charge in [0.2, 0.25) is 8.87 Å². The van der Waals surface area contributed by atoms with Crippen LogP contribution in [-0.2, 0) is 8.87 Å². The maximum atomic E-state index is 13.8. The summed E-state index contributed by atoms with van der Waals surface area (Å²) in [7, 11) is -2.87. The maximum absolute atomic E-state index is 13.8. The second-order valence-corrected chi connectivity index (χ2v) is 13.4. The number of nitrogens with zero attached hydrogens (tertiary/aromatic N) is 2. The van der Waals surface area contributed by atoms with Crippen LogP contribution in [0, 0.1) is 0 Å². The van der Waals surface area contributed by atoms with Gasteiger partial charge in [0.1, 0.15) is 0 Å². The Balaban J connectivity index is 1.34. The summed E-state index contributed by atoms with van der Waals surface area (Å²) in [4.78, 5) is 5.06. The first-order chi connectivity index (χ1) is 20.6. The van der Waals surface area contributed by atoms with Gasteiger partial charge < -0.3 is 9.80 Å². The Morgan fingerprint density at radius 1 is 0.381 bits per heavy atom. The summed E-state index contributed by atoms with van der Waals surface area (Å²) in [6, 6.07) is 54.8. The molecule has 0 saturated carbocycles. The van der Waals surface area contributed by atoms with Gasteiger partial charge in [0, 0.05) is 49.8 Å². The van der Waals surface area contributed by atoms with Crippen molar-refractivity contribution in [2.24, 2.45) is 0 Å². The van der Waals surface area contributed by atoms with E-state index in [0.717, 1.165) is 44.9 Å². The lowest BCUT2D eigenvalue weighted by Crippen LogP contribution is -2.10. The van der Waals surface area contributed by atoms with Crippen LogP contribution in [0.2, 0.25) is 0 Å². The molecule has 6 rings (SSSR count). The second-order valence-electron chi connectivity index (χ2n) is 9.55. The summed E-state index contributed by atoms with van der Waals surface area (Å²) in [6.45, 7) is 0. The van der Waals surface area contributed by atoms with Crippen molar-refractivity contribution >= 4 is 53.8 Å². The van der Waals surface area contributed by atoms with Crippen LogP contribution in [0.15, 0.2) is 180 Å². The first-order valence-corrected chi connectivity index (χ1v) is 16.4. The second kappa shape index (κ2) is 12.4. The molecule has 0 bridgehead atoms. The molecule has 0 heterocycles. The summed E-state index contributed by atoms with van der Waals surface area (Å²) in [5, 5.41) is 0. The highest BCUT2D eigenvalue weighted by Gasteiger charge is 2.21. The van der Waals surface area contributed by atoms with Crippen molar-refractivity contribution in [1.82, 2.24) is 0 Å². The number of benzene rings is 6. The molecule has 42 heavy (non-hydrogen) atoms. The summed E-state index contributed by atoms with van der Waals surface area (Å²) >= 11 is 0. The van der Waals surface area contributed by atoms with Gasteiger partial charge in [-0.1, -0.05) is 84.9 Å². The molecule has 0 saturated heterocycles. The quantitative estimate of drug-likeness (QED) is 0.158. The van der Waals surface area contributed by atoms with Gasteiger partial charge in [-0.05, 0) is 84.9 Å². The van der Waals surface area contributed by atoms with Crippen molar-refractivity contribution in [2.75, 3.05) is 9.80 Å². The molecule has 0 radical (unpaired) electrons. The fraction of sp³-hybridized carbons (Fsp3) is 0. The minimum Gasteiger partial charge on any atom is -0.310 e. The van der Waals surface area contributed by atoms with Gasteiger partial charge >= 0.3 is 0 Å². The molecule has 0 aliphatic heterocycles. The third-order valence-electron chi connectivity index (χ3n) is 6.70. The molecule has 0 spiro atoms. The Hall–Kier alpha value is -4.78. The smallest absolute Gasteiger partial charge is 0.234 e. The third-order valence-corrected chi connectivity index (χ3v) is 10.0. The zero-order valence-corrected chi connectivity index (χ0v) is 24.3. The molecule has 0 aliphatic carbocycles. The zero-order valence-electron chi connectivity index (χ0n) is 22.7. The number of para-hydroxylation sites is 4. The van der Waals surface area contributed by atoms with Gasteiger partial charge in [-0.2, -0.15) is 0 Å². The number of hydrogen-bond acceptors (Lipinski definition) is 5. The number of anilines is 6. The van der Waals surface area contributed by atoms with E-state index in [1.165, 1.54) is 0 Å². The van der Waals surface area contributed by atoms with E-state index in [1.807, 2.05) is 152 Å². The van der Waals surface area contributed by atoms with E-state index >= 15 is 0 Å². The fourth-order valence-corrected chi connectivity index (χ4v) is 7.66. The average molecular weight is 585 g/mol. The molecule has 6 heteroatoms. The summed E-state index contributed by atoms with van der Waals surface area (Å²) in [6.07, 6.45) is 0. The summed E-state index contributed by atoms with van der Waals surface area (Å²) < 4.78 is 27.6. The van der Waals surface area contributed by atoms with Crippen LogP contribution in [0.25, 0.3) is 0 Å². The van der Waals surface area contributed by atoms with Crippen molar-refractivity contribution in [3.63, 3.8) is 0 Å². The molecule has 6 aromatic rings. The molecule has 0 atom stereocenters. The van der Waals surface area contributed by atoms with Gasteiger partial charge in [0.05, 0.1) is 4.90 Å². The van der Waals surface area contributed by atoms with Gasteiger partial charge in [-0.25, -0.2) is 8.42 Å². The summed E-state index contributed by atoms with van der Waals surface area (Å²) in [5.41, 5.74) is 5.51. The van der Waals surface area contributed by atoms with Crippen LogP contribution in [-0.4, -0.2) is 8.42 Å². The van der Waals surface area contributed by atoms with E-state index in [0.29, 0.717) is 4.90 Å². The van der Waals surface area contributed by atoms with Gasteiger partial charge in [0.25, 0.3) is 0 Å². The maximum Gasteiger partial charge on any atom is 0.234 e. The van der Waals surface area contributed by atoms with E-state index in [9.17, 15) is 8.42 Å². The Bertz CT molecular complexity index is 1790. The van der Waals surface area contributed by atoms with Crippen LogP contribution < -0.4 is 9.80 Å². The van der Waals surface area contributed by atoms with Crippen LogP contribution >= 0.6 is 10.8 Å². The van der Waals surface area contributed by atoms with Crippen LogP contribution in [0.1, 0.15) is 0 Å². The molecule has 0 N–H and O–H groups in total. The molecule has 0 unspecified atom stereocenters. The largest absolute Gasteiger partial charge is 0.310 e. The van der Waals surface area contributed by atoms with Crippen LogP contribution in [0.3, 0.4) is 0 Å². The van der Waals surface area contributed by atoms with E-state index in [2.05, 4.69) is 9.80 Å². The Morgan fingerprint density at radius 3 is 1.17 bits per heavy atom. The van der Waals surface area contributed by atoms with E-state index < -0.39 is 8.87 Å². The van der Waals surface area contributed by atoms with Gasteiger partial charge in [-0.15, -0.1) is 0 Å². The third kappa shape index (κ3) is 6.10. The first kappa shape index (κ1) is 27.4. The SMILES string of the molecule is O=S(=O)(Sc1cccc(N(c2ccccc2)c2ccccc2)c1)c1cccc(N(c2ccccc2)c2ccccc2)c1. The van der Waals surface area contributed by atoms with Crippen molar-refractivity contribution in [3.8, 4) is 0 Å². The minimum absolute atomic E-state index is 0.246. The molecule has 4 nitrogen and oxygen atoms in total. The van der Waals surface area contributed by atoms with E-state index in [1.54, 1.807) is 18.2 Å². The highest BCUT2D eigenvalue weighted by atomic mass is 33.1. The Labute approximate surface area is 250 Å². The van der Waals surface area contributed by atoms with Crippen LogP contribution in [0.5, 0.6) is 0 Å². The van der Waals surface area contributed by atoms with E-state index in [-0.39, 0.29) is 4.90 Å². The normalized spacial score (nSPS) is 11.1. The predicted octanol–water partition coefficient (Wildman–Crippen LogP) is 10.1. The monoisotopic (exact) mass is 584 g/mol. The topological polar surface area (TPSA) is 40.6 Å². The first-order valence-electron chi connectivity index (χ1n) is 13.5. The van der Waals surface area contributed by atoms with Crippen molar-refractivity contribution in [1.29, 1.82) is 0 Å². The molecule has 0 fully saturated rings.